The van der Waals surface area contributed by atoms with Crippen LogP contribution in [0.5, 0.6) is 0 Å². The molecule has 160 valence electrons. The number of ether oxygens (including phenoxy) is 2. The minimum Gasteiger partial charge on any atom is -0.466 e. The van der Waals surface area contributed by atoms with Gasteiger partial charge in [0.25, 0.3) is 0 Å². The van der Waals surface area contributed by atoms with Gasteiger partial charge < -0.3 is 14.4 Å². The minimum absolute atomic E-state index is 0.137. The van der Waals surface area contributed by atoms with Crippen molar-refractivity contribution in [2.45, 2.75) is 97.8 Å². The minimum atomic E-state index is -0.137. The first-order chi connectivity index (χ1) is 13.1. The molecule has 0 rings (SSSR count). The Morgan fingerprint density at radius 1 is 0.593 bits per heavy atom. The third-order valence-corrected chi connectivity index (χ3v) is 4.61. The maximum atomic E-state index is 11.8. The van der Waals surface area contributed by atoms with Gasteiger partial charge in [-0.15, -0.1) is 0 Å². The fourth-order valence-electron chi connectivity index (χ4n) is 2.75. The van der Waals surface area contributed by atoms with E-state index in [0.29, 0.717) is 39.1 Å². The molecule has 0 fully saturated rings. The fourth-order valence-corrected chi connectivity index (χ4v) is 2.75. The molecule has 27 heavy (non-hydrogen) atoms. The Hall–Kier alpha value is -1.10. The Morgan fingerprint density at radius 2 is 1.04 bits per heavy atom. The molecule has 0 heterocycles. The lowest BCUT2D eigenvalue weighted by Gasteiger charge is -2.21. The van der Waals surface area contributed by atoms with Gasteiger partial charge in [-0.2, -0.15) is 0 Å². The van der Waals surface area contributed by atoms with Crippen molar-refractivity contribution < 1.29 is 19.1 Å². The molecule has 0 N–H and O–H groups in total. The standard InChI is InChI=1S/C22H43NO4/c1-4-7-10-11-12-13-16-23(17-14-21(24)26-19-8-5-2)18-15-22(25)27-20-9-6-3/h4-20H2,1-3H3. The molecule has 5 heteroatoms. The Kier molecular flexibility index (Phi) is 18.9. The fraction of sp³-hybridized carbons (Fsp3) is 0.909. The number of nitrogens with zero attached hydrogens (tertiary/aromatic N) is 1. The topological polar surface area (TPSA) is 55.8 Å². The van der Waals surface area contributed by atoms with Crippen LogP contribution in [0.4, 0.5) is 0 Å². The van der Waals surface area contributed by atoms with Gasteiger partial charge in [-0.1, -0.05) is 65.7 Å². The van der Waals surface area contributed by atoms with E-state index in [2.05, 4.69) is 25.7 Å². The third-order valence-electron chi connectivity index (χ3n) is 4.61. The van der Waals surface area contributed by atoms with E-state index in [4.69, 9.17) is 9.47 Å². The highest BCUT2D eigenvalue weighted by Crippen LogP contribution is 2.07. The molecule has 0 aliphatic carbocycles. The molecule has 0 aromatic rings. The molecular weight excluding hydrogens is 342 g/mol. The first-order valence-electron chi connectivity index (χ1n) is 11.2. The van der Waals surface area contributed by atoms with Crippen LogP contribution >= 0.6 is 0 Å². The van der Waals surface area contributed by atoms with Gasteiger partial charge >= 0.3 is 11.9 Å². The zero-order valence-electron chi connectivity index (χ0n) is 18.1. The summed E-state index contributed by atoms with van der Waals surface area (Å²) in [5.74, 6) is -0.274. The summed E-state index contributed by atoms with van der Waals surface area (Å²) >= 11 is 0. The maximum absolute atomic E-state index is 11.8. The predicted octanol–water partition coefficient (Wildman–Crippen LogP) is 5.12. The van der Waals surface area contributed by atoms with Crippen LogP contribution in [-0.2, 0) is 19.1 Å². The van der Waals surface area contributed by atoms with Crippen molar-refractivity contribution in [1.82, 2.24) is 4.90 Å². The summed E-state index contributed by atoms with van der Waals surface area (Å²) in [6.07, 6.45) is 12.1. The molecule has 0 aromatic carbocycles. The van der Waals surface area contributed by atoms with Crippen molar-refractivity contribution in [2.24, 2.45) is 0 Å². The zero-order valence-corrected chi connectivity index (χ0v) is 18.1. The number of hydrogen-bond donors (Lipinski definition) is 0. The van der Waals surface area contributed by atoms with Crippen LogP contribution in [0.1, 0.15) is 97.8 Å². The second-order valence-corrected chi connectivity index (χ2v) is 7.26. The van der Waals surface area contributed by atoms with E-state index >= 15 is 0 Å². The van der Waals surface area contributed by atoms with Gasteiger partial charge in [-0.25, -0.2) is 0 Å². The van der Waals surface area contributed by atoms with E-state index in [-0.39, 0.29) is 11.9 Å². The predicted molar refractivity (Wildman–Crippen MR) is 111 cm³/mol. The molecular formula is C22H43NO4. The van der Waals surface area contributed by atoms with Crippen molar-refractivity contribution >= 4 is 11.9 Å². The van der Waals surface area contributed by atoms with Crippen LogP contribution in [-0.4, -0.2) is 49.7 Å². The number of unbranched alkanes of at least 4 members (excludes halogenated alkanes) is 7. The molecule has 0 bridgehead atoms. The Bertz CT molecular complexity index is 334. The highest BCUT2D eigenvalue weighted by atomic mass is 16.5. The van der Waals surface area contributed by atoms with E-state index < -0.39 is 0 Å². The van der Waals surface area contributed by atoms with E-state index in [1.165, 1.54) is 32.1 Å². The van der Waals surface area contributed by atoms with Gasteiger partial charge in [-0.05, 0) is 25.8 Å². The SMILES string of the molecule is CCCCCCCCN(CCC(=O)OCCCC)CCC(=O)OCCCC. The van der Waals surface area contributed by atoms with E-state index in [0.717, 1.165) is 38.6 Å². The van der Waals surface area contributed by atoms with Crippen LogP contribution in [0.3, 0.4) is 0 Å². The third kappa shape index (κ3) is 18.0. The van der Waals surface area contributed by atoms with Crippen molar-refractivity contribution in [3.05, 3.63) is 0 Å². The lowest BCUT2D eigenvalue weighted by Crippen LogP contribution is -2.30. The quantitative estimate of drug-likeness (QED) is 0.228. The zero-order chi connectivity index (χ0) is 20.2. The molecule has 0 aliphatic rings. The molecule has 0 unspecified atom stereocenters. The molecule has 0 aliphatic heterocycles. The largest absolute Gasteiger partial charge is 0.466 e. The molecule has 0 saturated carbocycles. The molecule has 0 amide bonds. The first kappa shape index (κ1) is 25.9. The Morgan fingerprint density at radius 3 is 1.52 bits per heavy atom. The summed E-state index contributed by atoms with van der Waals surface area (Å²) in [4.78, 5) is 25.9. The van der Waals surface area contributed by atoms with Crippen molar-refractivity contribution in [3.63, 3.8) is 0 Å². The normalized spacial score (nSPS) is 11.0. The first-order valence-corrected chi connectivity index (χ1v) is 11.2. The van der Waals surface area contributed by atoms with Gasteiger partial charge in [0.15, 0.2) is 0 Å². The maximum Gasteiger partial charge on any atom is 0.307 e. The molecule has 0 spiro atoms. The van der Waals surface area contributed by atoms with Gasteiger partial charge in [0.1, 0.15) is 0 Å². The summed E-state index contributed by atoms with van der Waals surface area (Å²) in [6, 6.07) is 0. The summed E-state index contributed by atoms with van der Waals surface area (Å²) in [7, 11) is 0. The molecule has 0 aromatic heterocycles. The summed E-state index contributed by atoms with van der Waals surface area (Å²) in [5, 5.41) is 0. The van der Waals surface area contributed by atoms with Gasteiger partial charge in [0, 0.05) is 13.1 Å². The van der Waals surface area contributed by atoms with E-state index in [1.807, 2.05) is 0 Å². The summed E-state index contributed by atoms with van der Waals surface area (Å²) in [5.41, 5.74) is 0. The average Bonchev–Trinajstić information content (AvgIpc) is 2.66. The van der Waals surface area contributed by atoms with Crippen LogP contribution in [0.2, 0.25) is 0 Å². The Labute approximate surface area is 167 Å². The second kappa shape index (κ2) is 19.7. The van der Waals surface area contributed by atoms with Crippen molar-refractivity contribution in [2.75, 3.05) is 32.8 Å². The summed E-state index contributed by atoms with van der Waals surface area (Å²) in [6.45, 7) is 9.64. The second-order valence-electron chi connectivity index (χ2n) is 7.26. The Balaban J connectivity index is 4.15. The molecule has 0 atom stereocenters. The highest BCUT2D eigenvalue weighted by molar-refractivity contribution is 5.70. The van der Waals surface area contributed by atoms with Gasteiger partial charge in [0.2, 0.25) is 0 Å². The van der Waals surface area contributed by atoms with Crippen LogP contribution < -0.4 is 0 Å². The lowest BCUT2D eigenvalue weighted by atomic mass is 10.1. The monoisotopic (exact) mass is 385 g/mol. The summed E-state index contributed by atoms with van der Waals surface area (Å²) < 4.78 is 10.5. The smallest absolute Gasteiger partial charge is 0.307 e. The molecule has 0 saturated heterocycles. The van der Waals surface area contributed by atoms with Crippen LogP contribution in [0.25, 0.3) is 0 Å². The number of esters is 2. The lowest BCUT2D eigenvalue weighted by molar-refractivity contribution is -0.144. The highest BCUT2D eigenvalue weighted by Gasteiger charge is 2.12. The van der Waals surface area contributed by atoms with E-state index in [9.17, 15) is 9.59 Å². The van der Waals surface area contributed by atoms with Crippen molar-refractivity contribution in [3.8, 4) is 0 Å². The van der Waals surface area contributed by atoms with Gasteiger partial charge in [0.05, 0.1) is 26.1 Å². The number of rotatable bonds is 19. The number of carbonyl (C=O) groups excluding carboxylic acids is 2. The van der Waals surface area contributed by atoms with Crippen LogP contribution in [0, 0.1) is 0 Å². The average molecular weight is 386 g/mol. The number of carbonyl (C=O) groups is 2. The molecule has 0 radical (unpaired) electrons. The van der Waals surface area contributed by atoms with Crippen molar-refractivity contribution in [1.29, 1.82) is 0 Å². The van der Waals surface area contributed by atoms with Crippen LogP contribution in [0.15, 0.2) is 0 Å². The molecule has 5 nitrogen and oxygen atoms in total. The number of hydrogen-bond acceptors (Lipinski definition) is 5. The van der Waals surface area contributed by atoms with E-state index in [1.54, 1.807) is 0 Å². The van der Waals surface area contributed by atoms with Gasteiger partial charge in [-0.3, -0.25) is 9.59 Å².